The predicted molar refractivity (Wildman–Crippen MR) is 89.8 cm³/mol. The summed E-state index contributed by atoms with van der Waals surface area (Å²) in [4.78, 5) is 14.6. The third-order valence-corrected chi connectivity index (χ3v) is 6.25. The summed E-state index contributed by atoms with van der Waals surface area (Å²) in [6.07, 6.45) is 2.70. The fourth-order valence-corrected chi connectivity index (χ4v) is 4.01. The lowest BCUT2D eigenvalue weighted by molar-refractivity contribution is -0.138. The van der Waals surface area contributed by atoms with Crippen molar-refractivity contribution in [3.8, 4) is 0 Å². The zero-order valence-corrected chi connectivity index (χ0v) is 15.1. The summed E-state index contributed by atoms with van der Waals surface area (Å²) in [6.45, 7) is 3.81. The monoisotopic (exact) mass is 358 g/mol. The highest BCUT2D eigenvalue weighted by Crippen LogP contribution is 2.23. The van der Waals surface area contributed by atoms with E-state index in [4.69, 9.17) is 9.15 Å². The number of nitrogens with zero attached hydrogens (tertiary/aromatic N) is 2. The summed E-state index contributed by atoms with van der Waals surface area (Å²) in [7, 11) is -1.57. The highest BCUT2D eigenvalue weighted by molar-refractivity contribution is 7.89. The molecule has 1 saturated heterocycles. The Balaban J connectivity index is 1.97. The average molecular weight is 358 g/mol. The van der Waals surface area contributed by atoms with E-state index in [0.717, 1.165) is 5.76 Å². The van der Waals surface area contributed by atoms with Crippen LogP contribution < -0.4 is 0 Å². The number of amides is 1. The van der Waals surface area contributed by atoms with Crippen LogP contribution >= 0.6 is 0 Å². The first kappa shape index (κ1) is 19.0. The molecule has 1 aromatic rings. The molecular weight excluding hydrogens is 332 g/mol. The summed E-state index contributed by atoms with van der Waals surface area (Å²) < 4.78 is 35.8. The molecule has 2 heterocycles. The van der Waals surface area contributed by atoms with Crippen LogP contribution in [0.3, 0.4) is 0 Å². The van der Waals surface area contributed by atoms with Gasteiger partial charge in [0.25, 0.3) is 0 Å². The van der Waals surface area contributed by atoms with Gasteiger partial charge in [-0.3, -0.25) is 4.79 Å². The van der Waals surface area contributed by atoms with Gasteiger partial charge in [-0.1, -0.05) is 0 Å². The molecule has 1 aromatic heterocycles. The maximum Gasteiger partial charge on any atom is 0.226 e. The minimum atomic E-state index is -3.17. The van der Waals surface area contributed by atoms with Crippen molar-refractivity contribution in [3.05, 3.63) is 24.2 Å². The minimum Gasteiger partial charge on any atom is -0.467 e. The summed E-state index contributed by atoms with van der Waals surface area (Å²) in [6, 6.07) is 3.63. The van der Waals surface area contributed by atoms with E-state index in [9.17, 15) is 13.2 Å². The first-order valence-corrected chi connectivity index (χ1v) is 9.86. The fourth-order valence-electron chi connectivity index (χ4n) is 2.88. The van der Waals surface area contributed by atoms with Gasteiger partial charge in [-0.25, -0.2) is 12.7 Å². The van der Waals surface area contributed by atoms with Crippen molar-refractivity contribution in [2.75, 3.05) is 39.1 Å². The van der Waals surface area contributed by atoms with Crippen LogP contribution in [0.5, 0.6) is 0 Å². The number of hydrogen-bond acceptors (Lipinski definition) is 5. The maximum atomic E-state index is 12.8. The van der Waals surface area contributed by atoms with Crippen molar-refractivity contribution in [1.29, 1.82) is 0 Å². The number of carbonyl (C=O) groups is 1. The molecule has 7 nitrogen and oxygen atoms in total. The van der Waals surface area contributed by atoms with Crippen LogP contribution in [0.15, 0.2) is 22.8 Å². The summed E-state index contributed by atoms with van der Waals surface area (Å²) in [5.74, 6) is 0.715. The van der Waals surface area contributed by atoms with Crippen molar-refractivity contribution in [1.82, 2.24) is 9.21 Å². The normalized spacial score (nSPS) is 17.1. The van der Waals surface area contributed by atoms with E-state index < -0.39 is 10.0 Å². The van der Waals surface area contributed by atoms with Crippen LogP contribution in [0.1, 0.15) is 25.5 Å². The molecule has 1 fully saturated rings. The smallest absolute Gasteiger partial charge is 0.226 e. The number of rotatable bonds is 8. The van der Waals surface area contributed by atoms with Gasteiger partial charge in [0.2, 0.25) is 15.9 Å². The molecule has 0 atom stereocenters. The summed E-state index contributed by atoms with van der Waals surface area (Å²) in [5, 5.41) is 0. The van der Waals surface area contributed by atoms with Crippen LogP contribution in [-0.4, -0.2) is 62.6 Å². The van der Waals surface area contributed by atoms with Crippen molar-refractivity contribution in [2.24, 2.45) is 5.92 Å². The third kappa shape index (κ3) is 4.81. The third-order valence-electron chi connectivity index (χ3n) is 4.37. The highest BCUT2D eigenvalue weighted by Gasteiger charge is 2.32. The second-order valence-corrected chi connectivity index (χ2v) is 8.16. The van der Waals surface area contributed by atoms with Gasteiger partial charge >= 0.3 is 0 Å². The number of hydrogen-bond donors (Lipinski definition) is 0. The molecule has 0 unspecified atom stereocenters. The Morgan fingerprint density at radius 2 is 2.12 bits per heavy atom. The largest absolute Gasteiger partial charge is 0.467 e. The van der Waals surface area contributed by atoms with Gasteiger partial charge in [-0.2, -0.15) is 0 Å². The molecule has 0 aromatic carbocycles. The SMILES string of the molecule is CCS(=O)(=O)N1CCC(C(=O)N(CCOC)Cc2ccco2)CC1. The molecule has 0 spiro atoms. The average Bonchev–Trinajstić information content (AvgIpc) is 3.11. The van der Waals surface area contributed by atoms with E-state index >= 15 is 0 Å². The molecule has 0 saturated carbocycles. The number of furan rings is 1. The van der Waals surface area contributed by atoms with Crippen LogP contribution in [0, 0.1) is 5.92 Å². The predicted octanol–water partition coefficient (Wildman–Crippen LogP) is 1.32. The number of ether oxygens (including phenoxy) is 1. The van der Waals surface area contributed by atoms with E-state index in [1.54, 1.807) is 31.3 Å². The Bertz CT molecular complexity index is 606. The lowest BCUT2D eigenvalue weighted by Crippen LogP contribution is -2.45. The zero-order valence-electron chi connectivity index (χ0n) is 14.3. The Kier molecular flexibility index (Phi) is 6.82. The highest BCUT2D eigenvalue weighted by atomic mass is 32.2. The Hall–Kier alpha value is -1.38. The van der Waals surface area contributed by atoms with Gasteiger partial charge in [-0.15, -0.1) is 0 Å². The van der Waals surface area contributed by atoms with Crippen LogP contribution in [0.4, 0.5) is 0 Å². The lowest BCUT2D eigenvalue weighted by atomic mass is 9.96. The van der Waals surface area contributed by atoms with E-state index in [0.29, 0.717) is 45.6 Å². The maximum absolute atomic E-state index is 12.8. The van der Waals surface area contributed by atoms with Crippen molar-refractivity contribution in [2.45, 2.75) is 26.3 Å². The number of sulfonamides is 1. The molecule has 0 radical (unpaired) electrons. The quantitative estimate of drug-likeness (QED) is 0.700. The molecule has 0 bridgehead atoms. The van der Waals surface area contributed by atoms with Crippen molar-refractivity contribution in [3.63, 3.8) is 0 Å². The Morgan fingerprint density at radius 3 is 2.67 bits per heavy atom. The van der Waals surface area contributed by atoms with Gasteiger partial charge in [0.1, 0.15) is 5.76 Å². The van der Waals surface area contributed by atoms with E-state index in [-0.39, 0.29) is 17.6 Å². The number of piperidine rings is 1. The fraction of sp³-hybridized carbons (Fsp3) is 0.688. The number of carbonyl (C=O) groups excluding carboxylic acids is 1. The van der Waals surface area contributed by atoms with Crippen molar-refractivity contribution < 1.29 is 22.4 Å². The molecule has 1 aliphatic heterocycles. The van der Waals surface area contributed by atoms with E-state index in [1.807, 2.05) is 6.07 Å². The Morgan fingerprint density at radius 1 is 1.42 bits per heavy atom. The number of methoxy groups -OCH3 is 1. The van der Waals surface area contributed by atoms with Gasteiger partial charge in [0.15, 0.2) is 0 Å². The second-order valence-electron chi connectivity index (χ2n) is 5.91. The molecular formula is C16H26N2O5S. The van der Waals surface area contributed by atoms with E-state index in [1.165, 1.54) is 4.31 Å². The van der Waals surface area contributed by atoms with Gasteiger partial charge in [-0.05, 0) is 31.9 Å². The molecule has 1 aliphatic rings. The van der Waals surface area contributed by atoms with Crippen LogP contribution in [0.25, 0.3) is 0 Å². The van der Waals surface area contributed by atoms with Gasteiger partial charge < -0.3 is 14.1 Å². The molecule has 1 amide bonds. The van der Waals surface area contributed by atoms with Gasteiger partial charge in [0.05, 0.1) is 25.2 Å². The molecule has 8 heteroatoms. The molecule has 24 heavy (non-hydrogen) atoms. The first-order valence-electron chi connectivity index (χ1n) is 8.26. The molecule has 2 rings (SSSR count). The molecule has 136 valence electrons. The van der Waals surface area contributed by atoms with E-state index in [2.05, 4.69) is 0 Å². The second kappa shape index (κ2) is 8.64. The minimum absolute atomic E-state index is 0.0389. The van der Waals surface area contributed by atoms with Crippen LogP contribution in [-0.2, 0) is 26.1 Å². The zero-order chi connectivity index (χ0) is 17.6. The molecule has 0 N–H and O–H groups in total. The molecule has 0 aliphatic carbocycles. The van der Waals surface area contributed by atoms with Crippen molar-refractivity contribution >= 4 is 15.9 Å². The first-order chi connectivity index (χ1) is 11.5. The summed E-state index contributed by atoms with van der Waals surface area (Å²) >= 11 is 0. The topological polar surface area (TPSA) is 80.1 Å². The Labute approximate surface area is 143 Å². The standard InChI is InChI=1S/C16H26N2O5S/c1-3-24(20,21)18-8-6-14(7-9-18)16(19)17(10-12-22-2)13-15-5-4-11-23-15/h4-5,11,14H,3,6-10,12-13H2,1-2H3. The lowest BCUT2D eigenvalue weighted by Gasteiger charge is -2.33. The summed E-state index contributed by atoms with van der Waals surface area (Å²) in [5.41, 5.74) is 0. The van der Waals surface area contributed by atoms with Gasteiger partial charge in [0, 0.05) is 32.7 Å². The van der Waals surface area contributed by atoms with Crippen LogP contribution in [0.2, 0.25) is 0 Å².